The van der Waals surface area contributed by atoms with E-state index >= 15 is 0 Å². The van der Waals surface area contributed by atoms with Crippen molar-refractivity contribution in [3.8, 4) is 0 Å². The molecule has 114 valence electrons. The van der Waals surface area contributed by atoms with Crippen molar-refractivity contribution in [2.24, 2.45) is 5.92 Å². The summed E-state index contributed by atoms with van der Waals surface area (Å²) in [5.41, 5.74) is 0. The number of nitrogens with one attached hydrogen (secondary N) is 1. The normalized spacial score (nSPS) is 25.8. The second-order valence-corrected chi connectivity index (χ2v) is 6.97. The van der Waals surface area contributed by atoms with Gasteiger partial charge in [-0.25, -0.2) is 0 Å². The van der Waals surface area contributed by atoms with Crippen LogP contribution in [0.4, 0.5) is 0 Å². The van der Waals surface area contributed by atoms with Crippen LogP contribution < -0.4 is 5.32 Å². The van der Waals surface area contributed by atoms with Crippen LogP contribution in [0.25, 0.3) is 0 Å². The third-order valence-corrected chi connectivity index (χ3v) is 5.30. The molecule has 1 aliphatic heterocycles. The standard InChI is InChI=1S/C15H26N2O2S/c1-3-5-9-16-14(18)12-10-20-13(6-4-2)17(12)15(19)11-7-8-11/h11-13H,3-10H2,1-2H3,(H,16,18). The lowest BCUT2D eigenvalue weighted by Gasteiger charge is -2.28. The number of thioether (sulfide) groups is 1. The predicted octanol–water partition coefficient (Wildman–Crippen LogP) is 2.38. The van der Waals surface area contributed by atoms with Crippen LogP contribution in [0.2, 0.25) is 0 Å². The van der Waals surface area contributed by atoms with Crippen LogP contribution in [0.3, 0.4) is 0 Å². The molecule has 0 aromatic heterocycles. The van der Waals surface area contributed by atoms with Gasteiger partial charge in [0.2, 0.25) is 11.8 Å². The van der Waals surface area contributed by atoms with Gasteiger partial charge in [0.15, 0.2) is 0 Å². The van der Waals surface area contributed by atoms with E-state index in [4.69, 9.17) is 0 Å². The molecule has 0 spiro atoms. The fraction of sp³-hybridized carbons (Fsp3) is 0.867. The second kappa shape index (κ2) is 7.34. The van der Waals surface area contributed by atoms with Gasteiger partial charge in [0.25, 0.3) is 0 Å². The summed E-state index contributed by atoms with van der Waals surface area (Å²) >= 11 is 1.77. The van der Waals surface area contributed by atoms with E-state index in [0.717, 1.165) is 50.8 Å². The molecular weight excluding hydrogens is 272 g/mol. The Morgan fingerprint density at radius 2 is 2.00 bits per heavy atom. The van der Waals surface area contributed by atoms with Crippen LogP contribution in [-0.4, -0.2) is 40.4 Å². The van der Waals surface area contributed by atoms with Crippen LogP contribution in [0.5, 0.6) is 0 Å². The van der Waals surface area contributed by atoms with Gasteiger partial charge < -0.3 is 10.2 Å². The highest BCUT2D eigenvalue weighted by molar-refractivity contribution is 8.00. The van der Waals surface area contributed by atoms with Gasteiger partial charge in [0.1, 0.15) is 6.04 Å². The number of carbonyl (C=O) groups is 2. The lowest BCUT2D eigenvalue weighted by atomic mass is 10.2. The van der Waals surface area contributed by atoms with Gasteiger partial charge in [-0.05, 0) is 25.7 Å². The number of nitrogens with zero attached hydrogens (tertiary/aromatic N) is 1. The molecule has 0 aromatic carbocycles. The molecule has 2 fully saturated rings. The van der Waals surface area contributed by atoms with E-state index in [0.29, 0.717) is 0 Å². The molecule has 0 bridgehead atoms. The van der Waals surface area contributed by atoms with E-state index < -0.39 is 0 Å². The summed E-state index contributed by atoms with van der Waals surface area (Å²) in [5, 5.41) is 3.19. The number of hydrogen-bond donors (Lipinski definition) is 1. The third kappa shape index (κ3) is 3.68. The smallest absolute Gasteiger partial charge is 0.243 e. The first-order chi connectivity index (χ1) is 9.69. The minimum absolute atomic E-state index is 0.0403. The van der Waals surface area contributed by atoms with Crippen LogP contribution in [0, 0.1) is 5.92 Å². The summed E-state index contributed by atoms with van der Waals surface area (Å²) in [6.07, 6.45) is 6.12. The summed E-state index contributed by atoms with van der Waals surface area (Å²) in [6.45, 7) is 4.97. The first-order valence-corrected chi connectivity index (χ1v) is 8.95. The summed E-state index contributed by atoms with van der Waals surface area (Å²) in [5.74, 6) is 1.20. The monoisotopic (exact) mass is 298 g/mol. The van der Waals surface area contributed by atoms with Gasteiger partial charge in [-0.15, -0.1) is 11.8 Å². The van der Waals surface area contributed by atoms with Crippen molar-refractivity contribution in [3.05, 3.63) is 0 Å². The number of unbranched alkanes of at least 4 members (excludes halogenated alkanes) is 1. The molecule has 1 saturated carbocycles. The van der Waals surface area contributed by atoms with Crippen molar-refractivity contribution in [3.63, 3.8) is 0 Å². The highest BCUT2D eigenvalue weighted by atomic mass is 32.2. The topological polar surface area (TPSA) is 49.4 Å². The van der Waals surface area contributed by atoms with Gasteiger partial charge in [0, 0.05) is 18.2 Å². The van der Waals surface area contributed by atoms with E-state index in [9.17, 15) is 9.59 Å². The Balaban J connectivity index is 1.98. The minimum Gasteiger partial charge on any atom is -0.354 e. The Bertz CT molecular complexity index is 358. The van der Waals surface area contributed by atoms with Crippen molar-refractivity contribution >= 4 is 23.6 Å². The first kappa shape index (κ1) is 15.7. The molecule has 0 radical (unpaired) electrons. The largest absolute Gasteiger partial charge is 0.354 e. The van der Waals surface area contributed by atoms with Crippen LogP contribution in [-0.2, 0) is 9.59 Å². The molecule has 2 aliphatic rings. The lowest BCUT2D eigenvalue weighted by Crippen LogP contribution is -2.50. The van der Waals surface area contributed by atoms with Crippen LogP contribution in [0.15, 0.2) is 0 Å². The molecule has 1 aliphatic carbocycles. The Morgan fingerprint density at radius 1 is 1.25 bits per heavy atom. The Hall–Kier alpha value is -0.710. The molecule has 1 heterocycles. The maximum absolute atomic E-state index is 12.5. The number of hydrogen-bond acceptors (Lipinski definition) is 3. The fourth-order valence-electron chi connectivity index (χ4n) is 2.58. The van der Waals surface area contributed by atoms with E-state index in [1.54, 1.807) is 11.8 Å². The highest BCUT2D eigenvalue weighted by Crippen LogP contribution is 2.38. The van der Waals surface area contributed by atoms with E-state index in [1.165, 1.54) is 0 Å². The molecule has 2 amide bonds. The number of rotatable bonds is 7. The average molecular weight is 298 g/mol. The zero-order valence-electron chi connectivity index (χ0n) is 12.6. The average Bonchev–Trinajstić information content (AvgIpc) is 3.20. The van der Waals surface area contributed by atoms with E-state index in [2.05, 4.69) is 19.2 Å². The van der Waals surface area contributed by atoms with Gasteiger partial charge >= 0.3 is 0 Å². The van der Waals surface area contributed by atoms with E-state index in [1.807, 2.05) is 4.90 Å². The maximum atomic E-state index is 12.5. The Morgan fingerprint density at radius 3 is 2.60 bits per heavy atom. The maximum Gasteiger partial charge on any atom is 0.243 e. The summed E-state index contributed by atoms with van der Waals surface area (Å²) in [4.78, 5) is 26.7. The Labute approximate surface area is 126 Å². The van der Waals surface area contributed by atoms with Crippen molar-refractivity contribution in [2.75, 3.05) is 12.3 Å². The zero-order chi connectivity index (χ0) is 14.5. The van der Waals surface area contributed by atoms with Crippen molar-refractivity contribution in [1.29, 1.82) is 0 Å². The zero-order valence-corrected chi connectivity index (χ0v) is 13.4. The number of amides is 2. The SMILES string of the molecule is CCCCNC(=O)C1CSC(CCC)N1C(=O)C1CC1. The molecule has 2 unspecified atom stereocenters. The van der Waals surface area contributed by atoms with Gasteiger partial charge in [-0.1, -0.05) is 26.7 Å². The lowest BCUT2D eigenvalue weighted by molar-refractivity contribution is -0.140. The highest BCUT2D eigenvalue weighted by Gasteiger charge is 2.45. The summed E-state index contributed by atoms with van der Waals surface area (Å²) < 4.78 is 0. The quantitative estimate of drug-likeness (QED) is 0.734. The molecular formula is C15H26N2O2S. The van der Waals surface area contributed by atoms with Crippen molar-refractivity contribution < 1.29 is 9.59 Å². The molecule has 2 atom stereocenters. The van der Waals surface area contributed by atoms with Gasteiger partial charge in [-0.3, -0.25) is 9.59 Å². The van der Waals surface area contributed by atoms with Crippen molar-refractivity contribution in [1.82, 2.24) is 10.2 Å². The minimum atomic E-state index is -0.249. The first-order valence-electron chi connectivity index (χ1n) is 7.90. The predicted molar refractivity (Wildman–Crippen MR) is 82.4 cm³/mol. The molecule has 1 N–H and O–H groups in total. The van der Waals surface area contributed by atoms with Gasteiger partial charge in [0.05, 0.1) is 5.37 Å². The third-order valence-electron chi connectivity index (χ3n) is 3.94. The molecule has 0 aromatic rings. The molecule has 4 nitrogen and oxygen atoms in total. The molecule has 20 heavy (non-hydrogen) atoms. The van der Waals surface area contributed by atoms with Crippen molar-refractivity contribution in [2.45, 2.75) is 63.8 Å². The molecule has 2 rings (SSSR count). The molecule has 5 heteroatoms. The summed E-state index contributed by atoms with van der Waals surface area (Å²) in [7, 11) is 0. The van der Waals surface area contributed by atoms with Crippen LogP contribution in [0.1, 0.15) is 52.4 Å². The van der Waals surface area contributed by atoms with Crippen LogP contribution >= 0.6 is 11.8 Å². The Kier molecular flexibility index (Phi) is 5.75. The summed E-state index contributed by atoms with van der Waals surface area (Å²) in [6, 6.07) is -0.249. The second-order valence-electron chi connectivity index (χ2n) is 5.76. The fourth-order valence-corrected chi connectivity index (χ4v) is 4.11. The van der Waals surface area contributed by atoms with E-state index in [-0.39, 0.29) is 29.1 Å². The molecule has 1 saturated heterocycles. The number of carbonyl (C=O) groups excluding carboxylic acids is 2. The van der Waals surface area contributed by atoms with Gasteiger partial charge in [-0.2, -0.15) is 0 Å².